The third kappa shape index (κ3) is 2.13. The zero-order valence-electron chi connectivity index (χ0n) is 10.6. The number of imidazole rings is 1. The molecule has 0 aliphatic carbocycles. The summed E-state index contributed by atoms with van der Waals surface area (Å²) in [5, 5.41) is 4.31. The maximum absolute atomic E-state index is 6.42. The van der Waals surface area contributed by atoms with Gasteiger partial charge in [-0.1, -0.05) is 24.1 Å². The van der Waals surface area contributed by atoms with Gasteiger partial charge in [-0.05, 0) is 37.9 Å². The first-order valence-corrected chi connectivity index (χ1v) is 6.99. The quantitative estimate of drug-likeness (QED) is 0.903. The van der Waals surface area contributed by atoms with Crippen molar-refractivity contribution < 1.29 is 0 Å². The molecule has 4 heteroatoms. The molecule has 0 spiro atoms. The van der Waals surface area contributed by atoms with Crippen LogP contribution in [-0.2, 0) is 6.42 Å². The number of rotatable bonds is 2. The van der Waals surface area contributed by atoms with E-state index in [1.807, 2.05) is 16.7 Å². The average Bonchev–Trinajstić information content (AvgIpc) is 2.70. The van der Waals surface area contributed by atoms with Gasteiger partial charge < -0.3 is 5.32 Å². The van der Waals surface area contributed by atoms with Crippen LogP contribution in [-0.4, -0.2) is 22.0 Å². The Morgan fingerprint density at radius 2 is 2.39 bits per heavy atom. The number of aryl methyl sites for hydroxylation is 1. The monoisotopic (exact) mass is 263 g/mol. The fourth-order valence-corrected chi connectivity index (χ4v) is 2.94. The molecule has 1 atom stereocenters. The maximum Gasteiger partial charge on any atom is 0.141 e. The number of hydrogen-bond acceptors (Lipinski definition) is 2. The second-order valence-electron chi connectivity index (χ2n) is 5.09. The fourth-order valence-electron chi connectivity index (χ4n) is 2.68. The summed E-state index contributed by atoms with van der Waals surface area (Å²) in [5.41, 5.74) is 3.17. The van der Waals surface area contributed by atoms with Crippen LogP contribution in [0, 0.1) is 6.92 Å². The Kier molecular flexibility index (Phi) is 3.27. The van der Waals surface area contributed by atoms with E-state index in [0.29, 0.717) is 6.04 Å². The first kappa shape index (κ1) is 12.0. The summed E-state index contributed by atoms with van der Waals surface area (Å²) in [4.78, 5) is 4.70. The van der Waals surface area contributed by atoms with Gasteiger partial charge in [-0.3, -0.25) is 4.40 Å². The number of fused-ring (bicyclic) bond motifs is 1. The lowest BCUT2D eigenvalue weighted by Crippen LogP contribution is -2.35. The number of aromatic nitrogens is 2. The molecule has 3 rings (SSSR count). The molecule has 1 saturated heterocycles. The third-order valence-electron chi connectivity index (χ3n) is 3.70. The van der Waals surface area contributed by atoms with Gasteiger partial charge in [0, 0.05) is 18.7 Å². The summed E-state index contributed by atoms with van der Waals surface area (Å²) in [7, 11) is 0. The van der Waals surface area contributed by atoms with Gasteiger partial charge in [0.05, 0.1) is 5.69 Å². The van der Waals surface area contributed by atoms with E-state index in [2.05, 4.69) is 18.3 Å². The van der Waals surface area contributed by atoms with E-state index in [1.54, 1.807) is 0 Å². The van der Waals surface area contributed by atoms with Crippen molar-refractivity contribution in [3.63, 3.8) is 0 Å². The second-order valence-corrected chi connectivity index (χ2v) is 5.44. The molecule has 2 aromatic heterocycles. The molecule has 3 heterocycles. The van der Waals surface area contributed by atoms with Crippen LogP contribution in [0.4, 0.5) is 0 Å². The Balaban J connectivity index is 1.92. The van der Waals surface area contributed by atoms with Gasteiger partial charge in [-0.2, -0.15) is 0 Å². The molecule has 1 fully saturated rings. The molecule has 0 aromatic carbocycles. The predicted octanol–water partition coefficient (Wildman–Crippen LogP) is 2.98. The maximum atomic E-state index is 6.42. The molecule has 96 valence electrons. The SMILES string of the molecule is Cc1cccn2c(Cl)c(CC3CCCCN3)nc12. The summed E-state index contributed by atoms with van der Waals surface area (Å²) in [6, 6.07) is 4.61. The molecule has 0 radical (unpaired) electrons. The normalized spacial score (nSPS) is 20.4. The number of piperidine rings is 1. The molecule has 2 aromatic rings. The Labute approximate surface area is 112 Å². The van der Waals surface area contributed by atoms with Crippen LogP contribution in [0.2, 0.25) is 5.15 Å². The zero-order valence-corrected chi connectivity index (χ0v) is 11.4. The molecule has 0 saturated carbocycles. The lowest BCUT2D eigenvalue weighted by atomic mass is 10.0. The molecule has 18 heavy (non-hydrogen) atoms. The largest absolute Gasteiger partial charge is 0.314 e. The first-order chi connectivity index (χ1) is 8.75. The summed E-state index contributed by atoms with van der Waals surface area (Å²) in [6.07, 6.45) is 6.73. The van der Waals surface area contributed by atoms with Gasteiger partial charge in [0.1, 0.15) is 10.8 Å². The highest BCUT2D eigenvalue weighted by Crippen LogP contribution is 2.23. The summed E-state index contributed by atoms with van der Waals surface area (Å²) in [5.74, 6) is 0. The molecule has 1 unspecified atom stereocenters. The minimum atomic E-state index is 0.529. The van der Waals surface area contributed by atoms with Crippen molar-refractivity contribution >= 4 is 17.2 Å². The fraction of sp³-hybridized carbons (Fsp3) is 0.500. The summed E-state index contributed by atoms with van der Waals surface area (Å²) < 4.78 is 1.98. The number of pyridine rings is 1. The van der Waals surface area contributed by atoms with Crippen LogP contribution in [0.3, 0.4) is 0 Å². The van der Waals surface area contributed by atoms with Crippen molar-refractivity contribution in [1.82, 2.24) is 14.7 Å². The van der Waals surface area contributed by atoms with Gasteiger partial charge in [0.15, 0.2) is 0 Å². The van der Waals surface area contributed by atoms with E-state index in [-0.39, 0.29) is 0 Å². The van der Waals surface area contributed by atoms with Crippen LogP contribution in [0.15, 0.2) is 18.3 Å². The number of nitrogens with one attached hydrogen (secondary N) is 1. The molecular weight excluding hydrogens is 246 g/mol. The number of nitrogens with zero attached hydrogens (tertiary/aromatic N) is 2. The molecular formula is C14H18ClN3. The highest BCUT2D eigenvalue weighted by Gasteiger charge is 2.18. The highest BCUT2D eigenvalue weighted by molar-refractivity contribution is 6.30. The third-order valence-corrected chi connectivity index (χ3v) is 4.11. The molecule has 3 nitrogen and oxygen atoms in total. The molecule has 1 aliphatic rings. The van der Waals surface area contributed by atoms with Crippen molar-refractivity contribution in [3.8, 4) is 0 Å². The number of halogens is 1. The lowest BCUT2D eigenvalue weighted by molar-refractivity contribution is 0.397. The van der Waals surface area contributed by atoms with Crippen molar-refractivity contribution in [2.45, 2.75) is 38.6 Å². The molecule has 1 N–H and O–H groups in total. The van der Waals surface area contributed by atoms with E-state index in [0.717, 1.165) is 29.5 Å². The van der Waals surface area contributed by atoms with E-state index in [1.165, 1.54) is 24.8 Å². The van der Waals surface area contributed by atoms with Gasteiger partial charge >= 0.3 is 0 Å². The van der Waals surface area contributed by atoms with Crippen LogP contribution in [0.5, 0.6) is 0 Å². The Morgan fingerprint density at radius 3 is 3.11 bits per heavy atom. The standard InChI is InChI=1S/C14H18ClN3/c1-10-5-4-8-18-13(15)12(17-14(10)18)9-11-6-2-3-7-16-11/h4-5,8,11,16H,2-3,6-7,9H2,1H3. The van der Waals surface area contributed by atoms with E-state index < -0.39 is 0 Å². The van der Waals surface area contributed by atoms with Crippen molar-refractivity contribution in [1.29, 1.82) is 0 Å². The topological polar surface area (TPSA) is 29.3 Å². The van der Waals surface area contributed by atoms with E-state index in [4.69, 9.17) is 16.6 Å². The average molecular weight is 264 g/mol. The Morgan fingerprint density at radius 1 is 1.50 bits per heavy atom. The minimum absolute atomic E-state index is 0.529. The van der Waals surface area contributed by atoms with Crippen molar-refractivity contribution in [3.05, 3.63) is 34.7 Å². The van der Waals surface area contributed by atoms with Gasteiger partial charge in [-0.15, -0.1) is 0 Å². The smallest absolute Gasteiger partial charge is 0.141 e. The highest BCUT2D eigenvalue weighted by atomic mass is 35.5. The Bertz CT molecular complexity index is 555. The summed E-state index contributed by atoms with van der Waals surface area (Å²) in [6.45, 7) is 3.19. The lowest BCUT2D eigenvalue weighted by Gasteiger charge is -2.22. The van der Waals surface area contributed by atoms with Crippen molar-refractivity contribution in [2.75, 3.05) is 6.54 Å². The zero-order chi connectivity index (χ0) is 12.5. The molecule has 0 amide bonds. The molecule has 1 aliphatic heterocycles. The van der Waals surface area contributed by atoms with Gasteiger partial charge in [0.25, 0.3) is 0 Å². The van der Waals surface area contributed by atoms with Crippen LogP contribution in [0.1, 0.15) is 30.5 Å². The van der Waals surface area contributed by atoms with Gasteiger partial charge in [-0.25, -0.2) is 4.98 Å². The van der Waals surface area contributed by atoms with Crippen molar-refractivity contribution in [2.24, 2.45) is 0 Å². The van der Waals surface area contributed by atoms with E-state index in [9.17, 15) is 0 Å². The molecule has 0 bridgehead atoms. The number of hydrogen-bond donors (Lipinski definition) is 1. The minimum Gasteiger partial charge on any atom is -0.314 e. The second kappa shape index (κ2) is 4.90. The first-order valence-electron chi connectivity index (χ1n) is 6.61. The van der Waals surface area contributed by atoms with Crippen LogP contribution >= 0.6 is 11.6 Å². The Hall–Kier alpha value is -1.06. The predicted molar refractivity (Wildman–Crippen MR) is 74.3 cm³/mol. The van der Waals surface area contributed by atoms with Crippen LogP contribution in [0.25, 0.3) is 5.65 Å². The van der Waals surface area contributed by atoms with Gasteiger partial charge in [0.2, 0.25) is 0 Å². The summed E-state index contributed by atoms with van der Waals surface area (Å²) >= 11 is 6.42. The van der Waals surface area contributed by atoms with E-state index >= 15 is 0 Å². The van der Waals surface area contributed by atoms with Crippen LogP contribution < -0.4 is 5.32 Å².